The molecule has 3 heteroatoms. The molecule has 19 heavy (non-hydrogen) atoms. The molecular formula is C16H25NO2. The molecule has 1 aliphatic carbocycles. The molecule has 2 rings (SSSR count). The van der Waals surface area contributed by atoms with Gasteiger partial charge < -0.3 is 15.2 Å². The van der Waals surface area contributed by atoms with Crippen molar-refractivity contribution in [3.63, 3.8) is 0 Å². The monoisotopic (exact) mass is 263 g/mol. The number of hydrogen-bond donors (Lipinski definition) is 1. The van der Waals surface area contributed by atoms with Gasteiger partial charge in [-0.25, -0.2) is 0 Å². The Hall–Kier alpha value is -1.06. The Morgan fingerprint density at radius 2 is 2.05 bits per heavy atom. The highest BCUT2D eigenvalue weighted by Gasteiger charge is 2.38. The van der Waals surface area contributed by atoms with Crippen molar-refractivity contribution in [1.29, 1.82) is 0 Å². The van der Waals surface area contributed by atoms with Crippen LogP contribution in [0.2, 0.25) is 0 Å². The van der Waals surface area contributed by atoms with Crippen molar-refractivity contribution in [3.05, 3.63) is 29.8 Å². The molecule has 0 heterocycles. The number of ether oxygens (including phenoxy) is 2. The van der Waals surface area contributed by atoms with E-state index in [-0.39, 0.29) is 17.7 Å². The summed E-state index contributed by atoms with van der Waals surface area (Å²) in [6, 6.07) is 8.11. The van der Waals surface area contributed by atoms with E-state index in [9.17, 15) is 0 Å². The lowest BCUT2D eigenvalue weighted by molar-refractivity contribution is -0.0817. The molecule has 0 bridgehead atoms. The van der Waals surface area contributed by atoms with Crippen molar-refractivity contribution in [3.8, 4) is 5.75 Å². The van der Waals surface area contributed by atoms with Crippen LogP contribution in [0.4, 0.5) is 0 Å². The third kappa shape index (κ3) is 3.48. The van der Waals surface area contributed by atoms with Crippen molar-refractivity contribution < 1.29 is 9.47 Å². The first-order valence-electron chi connectivity index (χ1n) is 7.12. The zero-order valence-electron chi connectivity index (χ0n) is 12.2. The molecule has 1 fully saturated rings. The Labute approximate surface area is 116 Å². The molecule has 1 aliphatic rings. The molecule has 1 aromatic rings. The van der Waals surface area contributed by atoms with Crippen LogP contribution < -0.4 is 10.5 Å². The van der Waals surface area contributed by atoms with Gasteiger partial charge in [0, 0.05) is 13.2 Å². The number of rotatable bonds is 6. The molecule has 0 aliphatic heterocycles. The Bertz CT molecular complexity index is 407. The van der Waals surface area contributed by atoms with Crippen molar-refractivity contribution in [2.24, 2.45) is 5.73 Å². The first-order chi connectivity index (χ1) is 9.04. The predicted molar refractivity (Wildman–Crippen MR) is 77.3 cm³/mol. The summed E-state index contributed by atoms with van der Waals surface area (Å²) in [5.41, 5.74) is 7.46. The summed E-state index contributed by atoms with van der Waals surface area (Å²) in [5.74, 6) is 0.892. The second-order valence-electron chi connectivity index (χ2n) is 5.79. The molecule has 0 radical (unpaired) electrons. The summed E-state index contributed by atoms with van der Waals surface area (Å²) in [5, 5.41) is 0. The smallest absolute Gasteiger partial charge is 0.120 e. The maximum absolute atomic E-state index is 6.33. The van der Waals surface area contributed by atoms with Crippen molar-refractivity contribution in [2.45, 2.75) is 57.3 Å². The zero-order valence-corrected chi connectivity index (χ0v) is 12.2. The third-order valence-electron chi connectivity index (χ3n) is 3.95. The lowest BCUT2D eigenvalue weighted by atomic mass is 9.75. The van der Waals surface area contributed by atoms with Crippen molar-refractivity contribution in [1.82, 2.24) is 0 Å². The van der Waals surface area contributed by atoms with Gasteiger partial charge in [0.2, 0.25) is 0 Å². The maximum atomic E-state index is 6.33. The van der Waals surface area contributed by atoms with E-state index in [1.54, 1.807) is 7.11 Å². The van der Waals surface area contributed by atoms with Crippen molar-refractivity contribution >= 4 is 0 Å². The van der Waals surface area contributed by atoms with Gasteiger partial charge in [0.15, 0.2) is 0 Å². The predicted octanol–water partition coefficient (Wildman–Crippen LogP) is 3.43. The second kappa shape index (κ2) is 5.93. The fraction of sp³-hybridized carbons (Fsp3) is 0.625. The van der Waals surface area contributed by atoms with E-state index in [1.807, 2.05) is 32.0 Å². The molecule has 1 unspecified atom stereocenters. The number of hydrogen-bond acceptors (Lipinski definition) is 3. The van der Waals surface area contributed by atoms with Gasteiger partial charge in [-0.3, -0.25) is 0 Å². The molecule has 0 saturated heterocycles. The van der Waals surface area contributed by atoms with Crippen LogP contribution in [0.5, 0.6) is 5.75 Å². The maximum Gasteiger partial charge on any atom is 0.120 e. The minimum Gasteiger partial charge on any atom is -0.491 e. The van der Waals surface area contributed by atoms with Gasteiger partial charge >= 0.3 is 0 Å². The number of nitrogens with two attached hydrogens (primary N) is 1. The molecule has 0 amide bonds. The normalized spacial score (nSPS) is 19.0. The minimum absolute atomic E-state index is 0.00826. The summed E-state index contributed by atoms with van der Waals surface area (Å²) in [6.45, 7) is 4.06. The molecule has 1 saturated carbocycles. The molecule has 0 aromatic heterocycles. The van der Waals surface area contributed by atoms with Gasteiger partial charge in [0.1, 0.15) is 5.75 Å². The van der Waals surface area contributed by atoms with E-state index in [0.717, 1.165) is 30.6 Å². The second-order valence-corrected chi connectivity index (χ2v) is 5.79. The van der Waals surface area contributed by atoms with Crippen LogP contribution in [-0.4, -0.2) is 18.8 Å². The Morgan fingerprint density at radius 3 is 2.58 bits per heavy atom. The molecule has 1 atom stereocenters. The van der Waals surface area contributed by atoms with Gasteiger partial charge in [-0.2, -0.15) is 0 Å². The first-order valence-corrected chi connectivity index (χ1v) is 7.12. The highest BCUT2D eigenvalue weighted by Crippen LogP contribution is 2.41. The first kappa shape index (κ1) is 14.4. The lowest BCUT2D eigenvalue weighted by Crippen LogP contribution is -2.41. The largest absolute Gasteiger partial charge is 0.491 e. The third-order valence-corrected chi connectivity index (χ3v) is 3.95. The van der Waals surface area contributed by atoms with Crippen LogP contribution in [0, 0.1) is 0 Å². The SMILES string of the molecule is COC1(CC(N)c2cccc(OC(C)C)c2)CCC1. The molecule has 1 aromatic carbocycles. The van der Waals surface area contributed by atoms with Gasteiger partial charge in [0.05, 0.1) is 11.7 Å². The fourth-order valence-electron chi connectivity index (χ4n) is 2.67. The van der Waals surface area contributed by atoms with Crippen LogP contribution in [0.15, 0.2) is 24.3 Å². The van der Waals surface area contributed by atoms with Crippen LogP contribution in [0.25, 0.3) is 0 Å². The molecule has 0 spiro atoms. The molecular weight excluding hydrogens is 238 g/mol. The van der Waals surface area contributed by atoms with E-state index in [2.05, 4.69) is 6.07 Å². The average Bonchev–Trinajstić information content (AvgIpc) is 2.33. The van der Waals surface area contributed by atoms with Gasteiger partial charge in [-0.15, -0.1) is 0 Å². The Kier molecular flexibility index (Phi) is 4.48. The van der Waals surface area contributed by atoms with Gasteiger partial charge in [0.25, 0.3) is 0 Å². The summed E-state index contributed by atoms with van der Waals surface area (Å²) in [6.07, 6.45) is 4.56. The van der Waals surface area contributed by atoms with E-state index in [4.69, 9.17) is 15.2 Å². The van der Waals surface area contributed by atoms with E-state index < -0.39 is 0 Å². The minimum atomic E-state index is 0.00826. The van der Waals surface area contributed by atoms with Gasteiger partial charge in [-0.05, 0) is 57.2 Å². The van der Waals surface area contributed by atoms with Crippen LogP contribution in [0.1, 0.15) is 51.1 Å². The van der Waals surface area contributed by atoms with Crippen LogP contribution >= 0.6 is 0 Å². The highest BCUT2D eigenvalue weighted by atomic mass is 16.5. The quantitative estimate of drug-likeness (QED) is 0.855. The summed E-state index contributed by atoms with van der Waals surface area (Å²) < 4.78 is 11.4. The zero-order chi connectivity index (χ0) is 13.9. The van der Waals surface area contributed by atoms with Gasteiger partial charge in [-0.1, -0.05) is 12.1 Å². The summed E-state index contributed by atoms with van der Waals surface area (Å²) in [7, 11) is 1.80. The van der Waals surface area contributed by atoms with Crippen LogP contribution in [0.3, 0.4) is 0 Å². The Morgan fingerprint density at radius 1 is 1.32 bits per heavy atom. The molecule has 3 nitrogen and oxygen atoms in total. The lowest BCUT2D eigenvalue weighted by Gasteiger charge is -2.42. The number of methoxy groups -OCH3 is 1. The number of benzene rings is 1. The standard InChI is InChI=1S/C16H25NO2/c1-12(2)19-14-7-4-6-13(10-14)15(17)11-16(18-3)8-5-9-16/h4,6-7,10,12,15H,5,8-9,11,17H2,1-3H3. The summed E-state index contributed by atoms with van der Waals surface area (Å²) in [4.78, 5) is 0. The van der Waals surface area contributed by atoms with Crippen molar-refractivity contribution in [2.75, 3.05) is 7.11 Å². The van der Waals surface area contributed by atoms with E-state index in [0.29, 0.717) is 0 Å². The molecule has 2 N–H and O–H groups in total. The fourth-order valence-corrected chi connectivity index (χ4v) is 2.67. The Balaban J connectivity index is 2.04. The van der Waals surface area contributed by atoms with Crippen LogP contribution in [-0.2, 0) is 4.74 Å². The van der Waals surface area contributed by atoms with E-state index >= 15 is 0 Å². The topological polar surface area (TPSA) is 44.5 Å². The summed E-state index contributed by atoms with van der Waals surface area (Å²) >= 11 is 0. The average molecular weight is 263 g/mol. The molecule has 106 valence electrons. The highest BCUT2D eigenvalue weighted by molar-refractivity contribution is 5.31. The van der Waals surface area contributed by atoms with E-state index in [1.165, 1.54) is 6.42 Å².